The standard InChI is InChI=1S/C23H20ClFN2O6/c1-12(22(29)27-7-6-26-19(11-27)23(30)31)32-14-3-5-16-17(10-21(28)33-20(16)9-14)15-4-2-13(25)8-18(15)24/h2-5,8-10,12,19,26H,6-7,11H2,1H3,(H,30,31)/t12-,19+/m1/s1. The van der Waals surface area contributed by atoms with E-state index in [1.165, 1.54) is 29.2 Å². The fourth-order valence-corrected chi connectivity index (χ4v) is 4.04. The number of rotatable bonds is 5. The van der Waals surface area contributed by atoms with Gasteiger partial charge in [0.1, 0.15) is 23.2 Å². The normalized spacial score (nSPS) is 17.1. The molecule has 1 fully saturated rings. The summed E-state index contributed by atoms with van der Waals surface area (Å²) in [6, 6.07) is 9.09. The highest BCUT2D eigenvalue weighted by molar-refractivity contribution is 6.33. The van der Waals surface area contributed by atoms with Crippen molar-refractivity contribution in [1.82, 2.24) is 10.2 Å². The number of ether oxygens (including phenoxy) is 1. The van der Waals surface area contributed by atoms with E-state index in [9.17, 15) is 23.9 Å². The van der Waals surface area contributed by atoms with Crippen molar-refractivity contribution in [3.63, 3.8) is 0 Å². The van der Waals surface area contributed by atoms with Gasteiger partial charge in [0.2, 0.25) is 0 Å². The topological polar surface area (TPSA) is 109 Å². The number of aliphatic carboxylic acids is 1. The molecule has 4 rings (SSSR count). The fraction of sp³-hybridized carbons (Fsp3) is 0.261. The molecule has 2 atom stereocenters. The van der Waals surface area contributed by atoms with Crippen molar-refractivity contribution in [3.8, 4) is 16.9 Å². The minimum absolute atomic E-state index is 0.0379. The van der Waals surface area contributed by atoms with Gasteiger partial charge in [0.15, 0.2) is 6.10 Å². The van der Waals surface area contributed by atoms with Crippen molar-refractivity contribution in [2.75, 3.05) is 19.6 Å². The Bertz CT molecular complexity index is 1290. The average Bonchev–Trinajstić information content (AvgIpc) is 2.78. The number of halogens is 2. The lowest BCUT2D eigenvalue weighted by atomic mass is 10.0. The third-order valence-electron chi connectivity index (χ3n) is 5.38. The summed E-state index contributed by atoms with van der Waals surface area (Å²) in [6.45, 7) is 2.33. The molecule has 1 amide bonds. The lowest BCUT2D eigenvalue weighted by Gasteiger charge is -2.33. The van der Waals surface area contributed by atoms with Crippen molar-refractivity contribution >= 4 is 34.4 Å². The Labute approximate surface area is 192 Å². The molecule has 2 heterocycles. The molecule has 1 aliphatic heterocycles. The minimum atomic E-state index is -1.03. The second-order valence-corrected chi connectivity index (χ2v) is 8.06. The number of fused-ring (bicyclic) bond motifs is 1. The quantitative estimate of drug-likeness (QED) is 0.547. The van der Waals surface area contributed by atoms with Crippen LogP contribution < -0.4 is 15.7 Å². The van der Waals surface area contributed by atoms with Crippen LogP contribution in [0.5, 0.6) is 5.75 Å². The molecule has 0 unspecified atom stereocenters. The number of benzene rings is 2. The molecule has 3 aromatic rings. The van der Waals surface area contributed by atoms with Gasteiger partial charge >= 0.3 is 11.6 Å². The number of carbonyl (C=O) groups excluding carboxylic acids is 1. The molecule has 0 saturated carbocycles. The summed E-state index contributed by atoms with van der Waals surface area (Å²) in [5.41, 5.74) is 0.533. The van der Waals surface area contributed by atoms with Gasteiger partial charge in [0.05, 0.1) is 5.02 Å². The molecule has 1 aliphatic rings. The number of piperazine rings is 1. The summed E-state index contributed by atoms with van der Waals surface area (Å²) < 4.78 is 24.5. The smallest absolute Gasteiger partial charge is 0.336 e. The van der Waals surface area contributed by atoms with E-state index in [1.807, 2.05) is 0 Å². The van der Waals surface area contributed by atoms with Crippen molar-refractivity contribution in [2.45, 2.75) is 19.1 Å². The highest BCUT2D eigenvalue weighted by Gasteiger charge is 2.30. The van der Waals surface area contributed by atoms with E-state index < -0.39 is 29.6 Å². The Kier molecular flexibility index (Phi) is 6.35. The number of hydrogen-bond acceptors (Lipinski definition) is 6. The first-order valence-corrected chi connectivity index (χ1v) is 10.6. The molecule has 0 radical (unpaired) electrons. The maximum atomic E-state index is 13.4. The van der Waals surface area contributed by atoms with E-state index in [0.29, 0.717) is 35.4 Å². The van der Waals surface area contributed by atoms with Crippen LogP contribution in [0.3, 0.4) is 0 Å². The summed E-state index contributed by atoms with van der Waals surface area (Å²) in [6.07, 6.45) is -0.892. The number of carboxylic acid groups (broad SMARTS) is 1. The number of carboxylic acids is 1. The monoisotopic (exact) mass is 474 g/mol. The summed E-state index contributed by atoms with van der Waals surface area (Å²) in [4.78, 5) is 37.6. The Morgan fingerprint density at radius 3 is 2.76 bits per heavy atom. The van der Waals surface area contributed by atoms with Gasteiger partial charge < -0.3 is 24.5 Å². The van der Waals surface area contributed by atoms with Crippen LogP contribution in [0.25, 0.3) is 22.1 Å². The lowest BCUT2D eigenvalue weighted by Crippen LogP contribution is -2.57. The molecule has 2 N–H and O–H groups in total. The first-order valence-electron chi connectivity index (χ1n) is 10.2. The first-order chi connectivity index (χ1) is 15.7. The largest absolute Gasteiger partial charge is 0.481 e. The Balaban J connectivity index is 1.59. The minimum Gasteiger partial charge on any atom is -0.481 e. The van der Waals surface area contributed by atoms with Crippen LogP contribution in [-0.4, -0.2) is 53.7 Å². The zero-order valence-electron chi connectivity index (χ0n) is 17.5. The average molecular weight is 475 g/mol. The van der Waals surface area contributed by atoms with Crippen molar-refractivity contribution in [1.29, 1.82) is 0 Å². The van der Waals surface area contributed by atoms with Crippen molar-refractivity contribution in [3.05, 3.63) is 63.7 Å². The molecular formula is C23H20ClFN2O6. The van der Waals surface area contributed by atoms with Gasteiger partial charge in [-0.1, -0.05) is 11.6 Å². The highest BCUT2D eigenvalue weighted by Crippen LogP contribution is 2.34. The molecule has 172 valence electrons. The summed E-state index contributed by atoms with van der Waals surface area (Å²) >= 11 is 6.17. The van der Waals surface area contributed by atoms with Gasteiger partial charge in [0.25, 0.3) is 5.91 Å². The third-order valence-corrected chi connectivity index (χ3v) is 5.70. The van der Waals surface area contributed by atoms with Crippen LogP contribution in [0.1, 0.15) is 6.92 Å². The maximum absolute atomic E-state index is 13.4. The molecular weight excluding hydrogens is 455 g/mol. The zero-order valence-corrected chi connectivity index (χ0v) is 18.3. The Morgan fingerprint density at radius 1 is 1.24 bits per heavy atom. The predicted octanol–water partition coefficient (Wildman–Crippen LogP) is 2.90. The number of amides is 1. The number of carbonyl (C=O) groups is 2. The van der Waals surface area contributed by atoms with Crippen molar-refractivity contribution in [2.24, 2.45) is 0 Å². The number of nitrogens with one attached hydrogen (secondary N) is 1. The molecule has 0 bridgehead atoms. The lowest BCUT2D eigenvalue weighted by molar-refractivity contribution is -0.145. The van der Waals surface area contributed by atoms with Gasteiger partial charge in [-0.15, -0.1) is 0 Å². The third kappa shape index (κ3) is 4.84. The van der Waals surface area contributed by atoms with E-state index in [-0.39, 0.29) is 23.1 Å². The second-order valence-electron chi connectivity index (χ2n) is 7.65. The molecule has 33 heavy (non-hydrogen) atoms. The first kappa shape index (κ1) is 22.8. The van der Waals surface area contributed by atoms with Crippen LogP contribution in [0.2, 0.25) is 5.02 Å². The second kappa shape index (κ2) is 9.21. The maximum Gasteiger partial charge on any atom is 0.336 e. The van der Waals surface area contributed by atoms with Gasteiger partial charge in [-0.3, -0.25) is 9.59 Å². The SMILES string of the molecule is C[C@@H](Oc1ccc2c(-c3ccc(F)cc3Cl)cc(=O)oc2c1)C(=O)N1CCN[C@H](C(=O)O)C1. The molecule has 0 spiro atoms. The summed E-state index contributed by atoms with van der Waals surface area (Å²) in [5.74, 6) is -1.58. The molecule has 1 saturated heterocycles. The van der Waals surface area contributed by atoms with Gasteiger partial charge in [-0.25, -0.2) is 9.18 Å². The zero-order chi connectivity index (χ0) is 23.7. The van der Waals surface area contributed by atoms with Crippen LogP contribution in [-0.2, 0) is 9.59 Å². The van der Waals surface area contributed by atoms with Crippen LogP contribution in [0, 0.1) is 5.82 Å². The predicted molar refractivity (Wildman–Crippen MR) is 119 cm³/mol. The van der Waals surface area contributed by atoms with Crippen LogP contribution in [0.15, 0.2) is 51.7 Å². The Morgan fingerprint density at radius 2 is 2.03 bits per heavy atom. The Hall–Kier alpha value is -3.43. The molecule has 10 heteroatoms. The number of hydrogen-bond donors (Lipinski definition) is 2. The molecule has 2 aromatic carbocycles. The summed E-state index contributed by atoms with van der Waals surface area (Å²) in [5, 5.41) is 12.7. The van der Waals surface area contributed by atoms with Crippen molar-refractivity contribution < 1.29 is 28.2 Å². The fourth-order valence-electron chi connectivity index (χ4n) is 3.77. The van der Waals surface area contributed by atoms with E-state index in [4.69, 9.17) is 20.8 Å². The van der Waals surface area contributed by atoms with Gasteiger partial charge in [-0.05, 0) is 37.3 Å². The van der Waals surface area contributed by atoms with E-state index in [2.05, 4.69) is 5.32 Å². The molecule has 1 aromatic heterocycles. The van der Waals surface area contributed by atoms with E-state index in [1.54, 1.807) is 19.1 Å². The highest BCUT2D eigenvalue weighted by atomic mass is 35.5. The van der Waals surface area contributed by atoms with Gasteiger partial charge in [0, 0.05) is 48.3 Å². The molecule has 0 aliphatic carbocycles. The van der Waals surface area contributed by atoms with Gasteiger partial charge in [-0.2, -0.15) is 0 Å². The number of nitrogens with zero attached hydrogens (tertiary/aromatic N) is 1. The van der Waals surface area contributed by atoms with E-state index in [0.717, 1.165) is 6.07 Å². The van der Waals surface area contributed by atoms with E-state index >= 15 is 0 Å². The van der Waals surface area contributed by atoms with Crippen LogP contribution >= 0.6 is 11.6 Å². The molecule has 8 nitrogen and oxygen atoms in total. The summed E-state index contributed by atoms with van der Waals surface area (Å²) in [7, 11) is 0. The van der Waals surface area contributed by atoms with Crippen LogP contribution in [0.4, 0.5) is 4.39 Å².